The Hall–Kier alpha value is 0.385. The zero-order valence-corrected chi connectivity index (χ0v) is 10.7. The van der Waals surface area contributed by atoms with Gasteiger partial charge in [-0.25, -0.2) is 4.98 Å². The molecule has 0 bridgehead atoms. The average Bonchev–Trinajstić information content (AvgIpc) is 2.09. The van der Waals surface area contributed by atoms with Crippen LogP contribution in [0.3, 0.4) is 0 Å². The lowest BCUT2D eigenvalue weighted by molar-refractivity contribution is 0.368. The summed E-state index contributed by atoms with van der Waals surface area (Å²) in [5, 5.41) is 0.445. The summed E-state index contributed by atoms with van der Waals surface area (Å²) in [4.78, 5) is 3.62. The van der Waals surface area contributed by atoms with E-state index < -0.39 is 7.25 Å². The molecule has 0 unspecified atom stereocenters. The molecule has 1 aromatic rings. The molecule has 0 aromatic carbocycles. The number of hydrogen-bond donors (Lipinski definition) is 0. The van der Waals surface area contributed by atoms with Crippen molar-refractivity contribution in [1.82, 2.24) is 4.98 Å². The van der Waals surface area contributed by atoms with Crippen LogP contribution < -0.4 is 0 Å². The Balaban J connectivity index is 0.000000385. The SMILES string of the molecule is Clc1nc(Cl)c(Cl)c(Cl)c1Cl.F[B-](F)(F)F. The minimum atomic E-state index is -6.00. The van der Waals surface area contributed by atoms with Crippen molar-refractivity contribution < 1.29 is 17.3 Å². The summed E-state index contributed by atoms with van der Waals surface area (Å²) < 4.78 is 39.0. The number of rotatable bonds is 0. The fraction of sp³-hybridized carbons (Fsp3) is 0. The van der Waals surface area contributed by atoms with Gasteiger partial charge in [-0.3, -0.25) is 0 Å². The molecule has 1 rings (SSSR count). The van der Waals surface area contributed by atoms with Crippen LogP contribution in [0.25, 0.3) is 0 Å². The van der Waals surface area contributed by atoms with Gasteiger partial charge < -0.3 is 17.3 Å². The molecule has 0 atom stereocenters. The predicted octanol–water partition coefficient (Wildman–Crippen LogP) is 5.65. The van der Waals surface area contributed by atoms with E-state index in [1.165, 1.54) is 0 Å². The van der Waals surface area contributed by atoms with Crippen LogP contribution >= 0.6 is 58.0 Å². The second-order valence-electron chi connectivity index (χ2n) is 2.13. The van der Waals surface area contributed by atoms with Crippen LogP contribution in [0.2, 0.25) is 25.4 Å². The second kappa shape index (κ2) is 6.35. The molecule has 16 heavy (non-hydrogen) atoms. The van der Waals surface area contributed by atoms with Crippen molar-refractivity contribution in [3.8, 4) is 0 Å². The van der Waals surface area contributed by atoms with E-state index in [1.54, 1.807) is 0 Å². The van der Waals surface area contributed by atoms with Crippen LogP contribution in [0.1, 0.15) is 0 Å². The molecular weight excluding hydrogens is 338 g/mol. The van der Waals surface area contributed by atoms with Gasteiger partial charge in [0.05, 0.1) is 15.1 Å². The third-order valence-corrected chi connectivity index (χ3v) is 2.99. The Morgan fingerprint density at radius 2 is 0.938 bits per heavy atom. The summed E-state index contributed by atoms with van der Waals surface area (Å²) >= 11 is 27.8. The first-order valence-electron chi connectivity index (χ1n) is 3.26. The molecule has 0 fully saturated rings. The Bertz CT molecular complexity index is 352. The number of nitrogens with zero attached hydrogens (tertiary/aromatic N) is 1. The van der Waals surface area contributed by atoms with Crippen molar-refractivity contribution in [3.63, 3.8) is 0 Å². The van der Waals surface area contributed by atoms with Crippen LogP contribution in [0.4, 0.5) is 17.3 Å². The van der Waals surface area contributed by atoms with E-state index in [0.717, 1.165) is 0 Å². The van der Waals surface area contributed by atoms with Crippen LogP contribution in [0.15, 0.2) is 0 Å². The standard InChI is InChI=1S/C5Cl5N.BF4/c6-1-2(7)4(9)11-5(10)3(1)8;2-1(3,4)5/q;-1. The van der Waals surface area contributed by atoms with Crippen LogP contribution in [0.5, 0.6) is 0 Å². The van der Waals surface area contributed by atoms with Crippen LogP contribution in [-0.4, -0.2) is 12.2 Å². The molecule has 0 saturated carbocycles. The quantitative estimate of drug-likeness (QED) is 0.338. The molecule has 0 amide bonds. The average molecular weight is 338 g/mol. The zero-order valence-electron chi connectivity index (χ0n) is 6.93. The van der Waals surface area contributed by atoms with E-state index in [1.807, 2.05) is 0 Å². The number of hydrogen-bond acceptors (Lipinski definition) is 1. The first-order valence-corrected chi connectivity index (χ1v) is 5.15. The first kappa shape index (κ1) is 16.4. The van der Waals surface area contributed by atoms with Crippen LogP contribution in [0, 0.1) is 0 Å². The lowest BCUT2D eigenvalue weighted by Gasteiger charge is -2.01. The summed E-state index contributed by atoms with van der Waals surface area (Å²) in [6.45, 7) is 0. The van der Waals surface area contributed by atoms with Crippen molar-refractivity contribution >= 4 is 65.3 Å². The highest BCUT2D eigenvalue weighted by Crippen LogP contribution is 2.37. The van der Waals surface area contributed by atoms with Gasteiger partial charge in [0.25, 0.3) is 0 Å². The normalized spacial score (nSPS) is 10.8. The molecular formula is C5BCl5F4N-. The molecule has 0 spiro atoms. The van der Waals surface area contributed by atoms with Crippen molar-refractivity contribution in [2.75, 3.05) is 0 Å². The Labute approximate surface area is 113 Å². The van der Waals surface area contributed by atoms with Crippen LogP contribution in [-0.2, 0) is 0 Å². The van der Waals surface area contributed by atoms with Gasteiger partial charge in [-0.2, -0.15) is 0 Å². The van der Waals surface area contributed by atoms with Crippen molar-refractivity contribution in [2.24, 2.45) is 0 Å². The molecule has 0 aliphatic heterocycles. The smallest absolute Gasteiger partial charge is 0.418 e. The summed E-state index contributed by atoms with van der Waals surface area (Å²) in [6.07, 6.45) is 0. The number of aromatic nitrogens is 1. The fourth-order valence-electron chi connectivity index (χ4n) is 0.462. The van der Waals surface area contributed by atoms with Gasteiger partial charge in [-0.15, -0.1) is 0 Å². The number of pyridine rings is 1. The maximum absolute atomic E-state index is 9.75. The van der Waals surface area contributed by atoms with E-state index in [4.69, 9.17) is 58.0 Å². The van der Waals surface area contributed by atoms with Gasteiger partial charge in [0.1, 0.15) is 0 Å². The fourth-order valence-corrected chi connectivity index (χ4v) is 1.46. The van der Waals surface area contributed by atoms with E-state index in [9.17, 15) is 17.3 Å². The van der Waals surface area contributed by atoms with Gasteiger partial charge in [-0.1, -0.05) is 58.0 Å². The second-order valence-corrected chi connectivity index (χ2v) is 3.98. The highest BCUT2D eigenvalue weighted by Gasteiger charge is 2.20. The highest BCUT2D eigenvalue weighted by atomic mass is 35.5. The third kappa shape index (κ3) is 6.20. The summed E-state index contributed by atoms with van der Waals surface area (Å²) in [6, 6.07) is 0. The minimum absolute atomic E-state index is 0.0473. The first-order chi connectivity index (χ1) is 7.04. The Morgan fingerprint density at radius 1 is 0.688 bits per heavy atom. The summed E-state index contributed by atoms with van der Waals surface area (Å²) in [7, 11) is -6.00. The Morgan fingerprint density at radius 3 is 1.19 bits per heavy atom. The molecule has 0 N–H and O–H groups in total. The number of halogens is 9. The van der Waals surface area contributed by atoms with Crippen molar-refractivity contribution in [1.29, 1.82) is 0 Å². The van der Waals surface area contributed by atoms with E-state index in [-0.39, 0.29) is 25.4 Å². The molecule has 1 nitrogen and oxygen atoms in total. The molecule has 92 valence electrons. The zero-order chi connectivity index (χ0) is 13.1. The predicted molar refractivity (Wildman–Crippen MR) is 59.5 cm³/mol. The molecule has 11 heteroatoms. The topological polar surface area (TPSA) is 12.9 Å². The summed E-state index contributed by atoms with van der Waals surface area (Å²) in [5.41, 5.74) is 0. The minimum Gasteiger partial charge on any atom is -0.418 e. The van der Waals surface area contributed by atoms with E-state index in [2.05, 4.69) is 4.98 Å². The molecule has 1 heterocycles. The van der Waals surface area contributed by atoms with E-state index in [0.29, 0.717) is 0 Å². The largest absolute Gasteiger partial charge is 0.673 e. The maximum Gasteiger partial charge on any atom is 0.673 e. The molecule has 0 aliphatic rings. The highest BCUT2D eigenvalue weighted by molar-refractivity contribution is 6.53. The lowest BCUT2D eigenvalue weighted by Crippen LogP contribution is -2.02. The van der Waals surface area contributed by atoms with Crippen molar-refractivity contribution in [2.45, 2.75) is 0 Å². The van der Waals surface area contributed by atoms with Gasteiger partial charge in [0.2, 0.25) is 0 Å². The van der Waals surface area contributed by atoms with Gasteiger partial charge in [-0.05, 0) is 0 Å². The third-order valence-electron chi connectivity index (χ3n) is 0.944. The Kier molecular flexibility index (Phi) is 6.51. The maximum atomic E-state index is 9.75. The lowest BCUT2D eigenvalue weighted by atomic mass is 10.3. The molecule has 0 aliphatic carbocycles. The van der Waals surface area contributed by atoms with Crippen molar-refractivity contribution in [3.05, 3.63) is 25.4 Å². The van der Waals surface area contributed by atoms with Gasteiger partial charge in [0.15, 0.2) is 10.3 Å². The monoisotopic (exact) mass is 336 g/mol. The molecule has 0 saturated heterocycles. The van der Waals surface area contributed by atoms with E-state index >= 15 is 0 Å². The summed E-state index contributed by atoms with van der Waals surface area (Å²) in [5.74, 6) is 0. The van der Waals surface area contributed by atoms with Gasteiger partial charge >= 0.3 is 7.25 Å². The molecule has 0 radical (unpaired) electrons. The van der Waals surface area contributed by atoms with Gasteiger partial charge in [0, 0.05) is 0 Å². The molecule has 1 aromatic heterocycles.